The average molecular weight is 235 g/mol. The summed E-state index contributed by atoms with van der Waals surface area (Å²) in [5.41, 5.74) is -0.214. The second-order valence-electron chi connectivity index (χ2n) is 3.00. The second kappa shape index (κ2) is 4.40. The smallest absolute Gasteiger partial charge is 0.418 e. The number of alkyl halides is 3. The number of nitrogens with one attached hydrogen (secondary N) is 1. The number of aliphatic hydroxyl groups is 1. The lowest BCUT2D eigenvalue weighted by Crippen LogP contribution is -2.20. The molecule has 0 saturated carbocycles. The Morgan fingerprint density at radius 1 is 1.25 bits per heavy atom. The van der Waals surface area contributed by atoms with Crippen LogP contribution in [0, 0.1) is 0 Å². The van der Waals surface area contributed by atoms with Crippen molar-refractivity contribution in [1.82, 2.24) is 0 Å². The van der Waals surface area contributed by atoms with Gasteiger partial charge in [-0.1, -0.05) is 12.1 Å². The van der Waals surface area contributed by atoms with Crippen LogP contribution in [0.4, 0.5) is 23.7 Å². The maximum Gasteiger partial charge on any atom is 0.418 e. The van der Waals surface area contributed by atoms with Gasteiger partial charge in [0, 0.05) is 5.69 Å². The summed E-state index contributed by atoms with van der Waals surface area (Å²) in [6.45, 7) is 0. The molecule has 1 amide bonds. The van der Waals surface area contributed by atoms with Crippen molar-refractivity contribution in [2.75, 3.05) is 5.32 Å². The first-order valence-electron chi connectivity index (χ1n) is 4.15. The molecule has 3 N–H and O–H groups in total. The molecule has 0 aliphatic rings. The minimum absolute atomic E-state index is 0.130. The number of benzene rings is 1. The molecule has 0 radical (unpaired) electrons. The predicted octanol–water partition coefficient (Wildman–Crippen LogP) is 2.37. The molecule has 0 saturated heterocycles. The topological polar surface area (TPSA) is 69.6 Å². The van der Waals surface area contributed by atoms with Crippen molar-refractivity contribution in [3.8, 4) is 0 Å². The van der Waals surface area contributed by atoms with E-state index in [1.165, 1.54) is 0 Å². The summed E-state index contributed by atoms with van der Waals surface area (Å²) in [5, 5.41) is 19.2. The van der Waals surface area contributed by atoms with Crippen molar-refractivity contribution >= 4 is 11.8 Å². The Bertz CT molecular complexity index is 375. The summed E-state index contributed by atoms with van der Waals surface area (Å²) in [5.74, 6) is 0. The maximum absolute atomic E-state index is 12.1. The van der Waals surface area contributed by atoms with Crippen molar-refractivity contribution in [2.24, 2.45) is 0 Å². The Morgan fingerprint density at radius 2 is 1.75 bits per heavy atom. The van der Waals surface area contributed by atoms with Crippen LogP contribution in [0.1, 0.15) is 11.7 Å². The zero-order chi connectivity index (χ0) is 12.3. The van der Waals surface area contributed by atoms with Gasteiger partial charge in [-0.3, -0.25) is 5.32 Å². The fraction of sp³-hybridized carbons (Fsp3) is 0.222. The molecule has 1 rings (SSSR count). The molecule has 16 heavy (non-hydrogen) atoms. The lowest BCUT2D eigenvalue weighted by molar-refractivity contribution is -0.206. The molecule has 0 bridgehead atoms. The quantitative estimate of drug-likeness (QED) is 0.737. The number of anilines is 1. The maximum atomic E-state index is 12.1. The van der Waals surface area contributed by atoms with E-state index in [-0.39, 0.29) is 11.3 Å². The molecule has 88 valence electrons. The van der Waals surface area contributed by atoms with Gasteiger partial charge in [0.15, 0.2) is 6.10 Å². The molecule has 0 aliphatic heterocycles. The number of aliphatic hydroxyl groups excluding tert-OH is 1. The summed E-state index contributed by atoms with van der Waals surface area (Å²) in [7, 11) is 0. The highest BCUT2D eigenvalue weighted by Crippen LogP contribution is 2.32. The third-order valence-corrected chi connectivity index (χ3v) is 1.79. The first-order valence-corrected chi connectivity index (χ1v) is 4.15. The third-order valence-electron chi connectivity index (χ3n) is 1.79. The summed E-state index contributed by atoms with van der Waals surface area (Å²) in [6, 6.07) is 4.28. The molecule has 0 heterocycles. The van der Waals surface area contributed by atoms with Crippen LogP contribution in [0.3, 0.4) is 0 Å². The van der Waals surface area contributed by atoms with Crippen LogP contribution >= 0.6 is 0 Å². The minimum atomic E-state index is -4.73. The van der Waals surface area contributed by atoms with E-state index in [0.717, 1.165) is 24.3 Å². The van der Waals surface area contributed by atoms with Crippen molar-refractivity contribution in [3.05, 3.63) is 29.8 Å². The van der Waals surface area contributed by atoms with E-state index in [4.69, 9.17) is 10.2 Å². The molecule has 0 aromatic heterocycles. The van der Waals surface area contributed by atoms with E-state index in [9.17, 15) is 18.0 Å². The van der Waals surface area contributed by atoms with Gasteiger partial charge in [0.2, 0.25) is 0 Å². The largest absolute Gasteiger partial charge is 0.465 e. The summed E-state index contributed by atoms with van der Waals surface area (Å²) < 4.78 is 36.3. The minimum Gasteiger partial charge on any atom is -0.465 e. The summed E-state index contributed by atoms with van der Waals surface area (Å²) >= 11 is 0. The molecule has 1 aromatic carbocycles. The number of hydrogen-bond acceptors (Lipinski definition) is 2. The lowest BCUT2D eigenvalue weighted by Gasteiger charge is -2.14. The van der Waals surface area contributed by atoms with Gasteiger partial charge in [-0.15, -0.1) is 0 Å². The fourth-order valence-corrected chi connectivity index (χ4v) is 1.06. The Balaban J connectivity index is 2.83. The van der Waals surface area contributed by atoms with Crippen molar-refractivity contribution in [2.45, 2.75) is 12.3 Å². The molecule has 1 aromatic rings. The van der Waals surface area contributed by atoms with Crippen LogP contribution in [-0.4, -0.2) is 22.5 Å². The predicted molar refractivity (Wildman–Crippen MR) is 49.1 cm³/mol. The van der Waals surface area contributed by atoms with Crippen LogP contribution in [0.25, 0.3) is 0 Å². The number of rotatable bonds is 2. The highest BCUT2D eigenvalue weighted by molar-refractivity contribution is 5.82. The standard InChI is InChI=1S/C9H8F3NO3/c10-9(11,12)7(14)5-1-3-6(4-2-5)13-8(15)16/h1-4,7,13-14H,(H,15,16)/t7-/m1/s1. The molecule has 0 spiro atoms. The molecule has 4 nitrogen and oxygen atoms in total. The van der Waals surface area contributed by atoms with Gasteiger partial charge in [-0.05, 0) is 17.7 Å². The second-order valence-corrected chi connectivity index (χ2v) is 3.00. The molecule has 1 atom stereocenters. The molecular weight excluding hydrogens is 227 g/mol. The SMILES string of the molecule is O=C(O)Nc1ccc([C@@H](O)C(F)(F)F)cc1. The van der Waals surface area contributed by atoms with Gasteiger partial charge >= 0.3 is 12.3 Å². The summed E-state index contributed by atoms with van der Waals surface area (Å²) in [4.78, 5) is 10.2. The number of carboxylic acid groups (broad SMARTS) is 1. The molecule has 0 fully saturated rings. The average Bonchev–Trinajstić information content (AvgIpc) is 2.15. The first kappa shape index (κ1) is 12.3. The van der Waals surface area contributed by atoms with E-state index in [2.05, 4.69) is 0 Å². The van der Waals surface area contributed by atoms with Gasteiger partial charge in [-0.2, -0.15) is 13.2 Å². The van der Waals surface area contributed by atoms with Crippen molar-refractivity contribution in [1.29, 1.82) is 0 Å². The van der Waals surface area contributed by atoms with E-state index in [0.29, 0.717) is 0 Å². The zero-order valence-corrected chi connectivity index (χ0v) is 7.82. The first-order chi connectivity index (χ1) is 7.30. The number of carbonyl (C=O) groups is 1. The van der Waals surface area contributed by atoms with Crippen LogP contribution in [0.2, 0.25) is 0 Å². The Labute approximate surface area is 88.3 Å². The van der Waals surface area contributed by atoms with Gasteiger partial charge < -0.3 is 10.2 Å². The Morgan fingerprint density at radius 3 is 2.12 bits per heavy atom. The lowest BCUT2D eigenvalue weighted by atomic mass is 10.1. The molecule has 7 heteroatoms. The van der Waals surface area contributed by atoms with E-state index in [1.807, 2.05) is 5.32 Å². The molecule has 0 unspecified atom stereocenters. The fourth-order valence-electron chi connectivity index (χ4n) is 1.06. The van der Waals surface area contributed by atoms with Crippen LogP contribution in [-0.2, 0) is 0 Å². The molecule has 0 aliphatic carbocycles. The van der Waals surface area contributed by atoms with Crippen molar-refractivity contribution in [3.63, 3.8) is 0 Å². The number of amides is 1. The van der Waals surface area contributed by atoms with Gasteiger partial charge in [0.1, 0.15) is 0 Å². The summed E-state index contributed by atoms with van der Waals surface area (Å²) in [6.07, 6.45) is -8.61. The van der Waals surface area contributed by atoms with Gasteiger partial charge in [-0.25, -0.2) is 4.79 Å². The monoisotopic (exact) mass is 235 g/mol. The van der Waals surface area contributed by atoms with E-state index < -0.39 is 18.4 Å². The highest BCUT2D eigenvalue weighted by Gasteiger charge is 2.39. The Hall–Kier alpha value is -1.76. The van der Waals surface area contributed by atoms with Gasteiger partial charge in [0.05, 0.1) is 0 Å². The van der Waals surface area contributed by atoms with E-state index in [1.54, 1.807) is 0 Å². The van der Waals surface area contributed by atoms with Crippen molar-refractivity contribution < 1.29 is 28.2 Å². The van der Waals surface area contributed by atoms with E-state index >= 15 is 0 Å². The third kappa shape index (κ3) is 3.13. The van der Waals surface area contributed by atoms with Crippen LogP contribution in [0.15, 0.2) is 24.3 Å². The number of hydrogen-bond donors (Lipinski definition) is 3. The number of halogens is 3. The molecular formula is C9H8F3NO3. The van der Waals surface area contributed by atoms with Crippen LogP contribution in [0.5, 0.6) is 0 Å². The highest BCUT2D eigenvalue weighted by atomic mass is 19.4. The zero-order valence-electron chi connectivity index (χ0n) is 7.82. The van der Waals surface area contributed by atoms with Crippen LogP contribution < -0.4 is 5.32 Å². The Kier molecular flexibility index (Phi) is 3.38. The van der Waals surface area contributed by atoms with Gasteiger partial charge in [0.25, 0.3) is 0 Å². The normalized spacial score (nSPS) is 13.2.